The van der Waals surface area contributed by atoms with Crippen LogP contribution in [0.1, 0.15) is 11.1 Å². The molecule has 0 aliphatic carbocycles. The maximum absolute atomic E-state index is 4.85. The van der Waals surface area contributed by atoms with Crippen molar-refractivity contribution in [2.75, 3.05) is 0 Å². The number of pyridine rings is 1. The zero-order valence-electron chi connectivity index (χ0n) is 14.0. The van der Waals surface area contributed by atoms with Crippen LogP contribution >= 0.6 is 11.3 Å². The molecular weight excluding hydrogens is 338 g/mol. The fourth-order valence-electron chi connectivity index (χ4n) is 3.18. The summed E-state index contributed by atoms with van der Waals surface area (Å²) in [5.41, 5.74) is 5.64. The maximum atomic E-state index is 4.85. The molecule has 0 fully saturated rings. The van der Waals surface area contributed by atoms with E-state index in [4.69, 9.17) is 4.98 Å². The number of rotatable bonds is 3. The molecule has 0 bridgehead atoms. The number of nitrogens with zero attached hydrogens (tertiary/aromatic N) is 3. The van der Waals surface area contributed by atoms with Crippen molar-refractivity contribution in [2.45, 2.75) is 6.42 Å². The molecule has 124 valence electrons. The van der Waals surface area contributed by atoms with Gasteiger partial charge in [0.05, 0.1) is 15.7 Å². The van der Waals surface area contributed by atoms with Gasteiger partial charge in [-0.05, 0) is 34.7 Å². The lowest BCUT2D eigenvalue weighted by molar-refractivity contribution is 1.18. The Morgan fingerprint density at radius 3 is 2.73 bits per heavy atom. The second-order valence-electron chi connectivity index (χ2n) is 6.24. The zero-order valence-corrected chi connectivity index (χ0v) is 14.8. The highest BCUT2D eigenvalue weighted by Crippen LogP contribution is 2.28. The van der Waals surface area contributed by atoms with Crippen molar-refractivity contribution in [3.63, 3.8) is 0 Å². The minimum atomic E-state index is 0.778. The lowest BCUT2D eigenvalue weighted by Gasteiger charge is -2.04. The number of thiophene rings is 1. The van der Waals surface area contributed by atoms with Crippen LogP contribution in [-0.4, -0.2) is 15.0 Å². The predicted octanol–water partition coefficient (Wildman–Crippen LogP) is 5.50. The first-order valence-corrected chi connectivity index (χ1v) is 9.37. The lowest BCUT2D eigenvalue weighted by Crippen LogP contribution is -1.92. The Bertz CT molecular complexity index is 1210. The molecule has 26 heavy (non-hydrogen) atoms. The normalized spacial score (nSPS) is 11.2. The molecule has 3 aromatic heterocycles. The first kappa shape index (κ1) is 15.2. The van der Waals surface area contributed by atoms with Crippen molar-refractivity contribution in [1.29, 1.82) is 0 Å². The van der Waals surface area contributed by atoms with Crippen LogP contribution in [-0.2, 0) is 6.42 Å². The van der Waals surface area contributed by atoms with Crippen molar-refractivity contribution in [1.82, 2.24) is 15.0 Å². The average Bonchev–Trinajstić information content (AvgIpc) is 3.10. The summed E-state index contributed by atoms with van der Waals surface area (Å²) in [6.07, 6.45) is 4.62. The summed E-state index contributed by atoms with van der Waals surface area (Å²) in [5, 5.41) is 3.37. The van der Waals surface area contributed by atoms with Crippen molar-refractivity contribution in [3.05, 3.63) is 89.6 Å². The lowest BCUT2D eigenvalue weighted by atomic mass is 10.0. The Kier molecular flexibility index (Phi) is 3.68. The molecule has 3 nitrogen and oxygen atoms in total. The third kappa shape index (κ3) is 2.74. The van der Waals surface area contributed by atoms with Crippen LogP contribution in [0.2, 0.25) is 0 Å². The van der Waals surface area contributed by atoms with E-state index in [0.717, 1.165) is 33.5 Å². The topological polar surface area (TPSA) is 38.7 Å². The molecule has 5 aromatic rings. The van der Waals surface area contributed by atoms with Gasteiger partial charge in [-0.25, -0.2) is 9.97 Å². The van der Waals surface area contributed by atoms with Gasteiger partial charge < -0.3 is 0 Å². The van der Waals surface area contributed by atoms with Crippen LogP contribution in [0.25, 0.3) is 32.5 Å². The Morgan fingerprint density at radius 1 is 0.885 bits per heavy atom. The Morgan fingerprint density at radius 2 is 1.81 bits per heavy atom. The first-order chi connectivity index (χ1) is 12.9. The summed E-state index contributed by atoms with van der Waals surface area (Å²) in [7, 11) is 0. The fourth-order valence-corrected chi connectivity index (χ4v) is 4.05. The maximum Gasteiger partial charge on any atom is 0.159 e. The van der Waals surface area contributed by atoms with Crippen LogP contribution in [0.15, 0.2) is 78.4 Å². The van der Waals surface area contributed by atoms with Gasteiger partial charge in [-0.1, -0.05) is 42.5 Å². The number of hydrogen-bond acceptors (Lipinski definition) is 4. The van der Waals surface area contributed by atoms with Crippen molar-refractivity contribution < 1.29 is 0 Å². The van der Waals surface area contributed by atoms with E-state index in [1.54, 1.807) is 11.3 Å². The van der Waals surface area contributed by atoms with Gasteiger partial charge in [-0.3, -0.25) is 4.98 Å². The van der Waals surface area contributed by atoms with E-state index < -0.39 is 0 Å². The van der Waals surface area contributed by atoms with E-state index in [1.807, 2.05) is 48.8 Å². The summed E-state index contributed by atoms with van der Waals surface area (Å²) < 4.78 is 1.13. The minimum absolute atomic E-state index is 0.778. The van der Waals surface area contributed by atoms with Gasteiger partial charge in [0.15, 0.2) is 5.82 Å². The van der Waals surface area contributed by atoms with Gasteiger partial charge in [-0.2, -0.15) is 0 Å². The minimum Gasteiger partial charge on any atom is -0.256 e. The first-order valence-electron chi connectivity index (χ1n) is 8.49. The number of hydrogen-bond donors (Lipinski definition) is 0. The van der Waals surface area contributed by atoms with E-state index in [9.17, 15) is 0 Å². The molecule has 0 radical (unpaired) electrons. The van der Waals surface area contributed by atoms with Crippen LogP contribution < -0.4 is 0 Å². The highest BCUT2D eigenvalue weighted by Gasteiger charge is 2.10. The second kappa shape index (κ2) is 6.32. The highest BCUT2D eigenvalue weighted by atomic mass is 32.1. The molecule has 0 saturated heterocycles. The molecule has 0 amide bonds. The van der Waals surface area contributed by atoms with Gasteiger partial charge in [0.25, 0.3) is 0 Å². The molecular formula is C22H15N3S. The highest BCUT2D eigenvalue weighted by molar-refractivity contribution is 7.17. The van der Waals surface area contributed by atoms with Gasteiger partial charge in [0.1, 0.15) is 0 Å². The molecule has 5 rings (SSSR count). The molecule has 2 aromatic carbocycles. The summed E-state index contributed by atoms with van der Waals surface area (Å²) in [6.45, 7) is 0. The molecule has 0 saturated carbocycles. The SMILES string of the molecule is c1ccc(-c2ncc3scc(Cc4ccc5ncccc5c4)c3n2)cc1. The quantitative estimate of drug-likeness (QED) is 0.430. The monoisotopic (exact) mass is 353 g/mol. The molecule has 0 spiro atoms. The third-order valence-corrected chi connectivity index (χ3v) is 5.44. The van der Waals surface area contributed by atoms with E-state index >= 15 is 0 Å². The third-order valence-electron chi connectivity index (χ3n) is 4.48. The molecule has 0 aliphatic rings. The van der Waals surface area contributed by atoms with Gasteiger partial charge in [0, 0.05) is 29.8 Å². The van der Waals surface area contributed by atoms with Crippen LogP contribution in [0.3, 0.4) is 0 Å². The Hall–Kier alpha value is -3.11. The molecule has 3 heterocycles. The van der Waals surface area contributed by atoms with Crippen molar-refractivity contribution in [3.8, 4) is 11.4 Å². The number of fused-ring (bicyclic) bond motifs is 2. The molecule has 0 aliphatic heterocycles. The standard InChI is InChI=1S/C22H15N3S/c1-2-5-16(6-3-1)22-24-13-20-21(25-22)18(14-26-20)12-15-8-9-19-17(11-15)7-4-10-23-19/h1-11,13-14H,12H2. The van der Waals surface area contributed by atoms with Crippen molar-refractivity contribution >= 4 is 32.5 Å². The zero-order chi connectivity index (χ0) is 17.3. The number of benzene rings is 2. The van der Waals surface area contributed by atoms with Gasteiger partial charge in [0.2, 0.25) is 0 Å². The van der Waals surface area contributed by atoms with Gasteiger partial charge in [-0.15, -0.1) is 11.3 Å². The van der Waals surface area contributed by atoms with E-state index in [-0.39, 0.29) is 0 Å². The number of aromatic nitrogens is 3. The van der Waals surface area contributed by atoms with E-state index in [0.29, 0.717) is 0 Å². The smallest absolute Gasteiger partial charge is 0.159 e. The predicted molar refractivity (Wildman–Crippen MR) is 107 cm³/mol. The van der Waals surface area contributed by atoms with Gasteiger partial charge >= 0.3 is 0 Å². The van der Waals surface area contributed by atoms with Crippen LogP contribution in [0.4, 0.5) is 0 Å². The summed E-state index contributed by atoms with van der Waals surface area (Å²) in [5.74, 6) is 0.778. The Balaban J connectivity index is 1.55. The molecule has 0 unspecified atom stereocenters. The molecule has 4 heteroatoms. The fraction of sp³-hybridized carbons (Fsp3) is 0.0455. The molecule has 0 atom stereocenters. The van der Waals surface area contributed by atoms with Crippen molar-refractivity contribution in [2.24, 2.45) is 0 Å². The largest absolute Gasteiger partial charge is 0.256 e. The molecule has 0 N–H and O–H groups in total. The van der Waals surface area contributed by atoms with Crippen LogP contribution in [0.5, 0.6) is 0 Å². The summed E-state index contributed by atoms with van der Waals surface area (Å²) in [6, 6.07) is 20.7. The summed E-state index contributed by atoms with van der Waals surface area (Å²) >= 11 is 1.70. The van der Waals surface area contributed by atoms with E-state index in [2.05, 4.69) is 39.6 Å². The van der Waals surface area contributed by atoms with E-state index in [1.165, 1.54) is 16.5 Å². The Labute approximate surface area is 155 Å². The second-order valence-corrected chi connectivity index (χ2v) is 7.15. The summed E-state index contributed by atoms with van der Waals surface area (Å²) in [4.78, 5) is 13.8. The van der Waals surface area contributed by atoms with Crippen LogP contribution in [0, 0.1) is 0 Å². The average molecular weight is 353 g/mol.